The molecule has 0 spiro atoms. The molecule has 0 radical (unpaired) electrons. The average Bonchev–Trinajstić information content (AvgIpc) is 3.08. The van der Waals surface area contributed by atoms with Crippen LogP contribution in [-0.4, -0.2) is 52.3 Å². The molecule has 1 saturated heterocycles. The predicted octanol–water partition coefficient (Wildman–Crippen LogP) is 2.19. The Labute approximate surface area is 135 Å². The first-order valence-corrected chi connectivity index (χ1v) is 8.48. The summed E-state index contributed by atoms with van der Waals surface area (Å²) in [7, 11) is 3.86. The molecule has 3 heterocycles. The Morgan fingerprint density at radius 2 is 1.90 bits per heavy atom. The molecule has 1 aliphatic heterocycles. The van der Waals surface area contributed by atoms with Crippen LogP contribution in [0, 0.1) is 0 Å². The van der Waals surface area contributed by atoms with Crippen molar-refractivity contribution in [3.8, 4) is 0 Å². The highest BCUT2D eigenvalue weighted by atomic mass is 35.5. The fraction of sp³-hybridized carbons (Fsp3) is 0.545. The summed E-state index contributed by atoms with van der Waals surface area (Å²) in [5.74, 6) is 0.646. The second kappa shape index (κ2) is 6.29. The van der Waals surface area contributed by atoms with Gasteiger partial charge in [0.1, 0.15) is 0 Å². The van der Waals surface area contributed by atoms with Crippen molar-refractivity contribution in [2.45, 2.75) is 22.3 Å². The Kier molecular flexibility index (Phi) is 4.41. The molecule has 0 aromatic carbocycles. The van der Waals surface area contributed by atoms with Gasteiger partial charge in [-0.2, -0.15) is 15.0 Å². The molecule has 2 aromatic rings. The van der Waals surface area contributed by atoms with E-state index in [-0.39, 0.29) is 5.28 Å². The Morgan fingerprint density at radius 1 is 1.14 bits per heavy atom. The summed E-state index contributed by atoms with van der Waals surface area (Å²) in [5, 5.41) is 9.83. The second-order valence-corrected chi connectivity index (χ2v) is 7.24. The third kappa shape index (κ3) is 3.53. The maximum atomic E-state index is 6.01. The van der Waals surface area contributed by atoms with Gasteiger partial charge in [0.05, 0.1) is 0 Å². The van der Waals surface area contributed by atoms with Crippen molar-refractivity contribution in [1.29, 1.82) is 0 Å². The van der Waals surface area contributed by atoms with Gasteiger partial charge in [0.25, 0.3) is 0 Å². The van der Waals surface area contributed by atoms with Crippen LogP contribution in [0.1, 0.15) is 12.8 Å². The summed E-state index contributed by atoms with van der Waals surface area (Å²) in [6.45, 7) is 1.93. The highest BCUT2D eigenvalue weighted by Gasteiger charge is 2.18. The second-order valence-electron chi connectivity index (χ2n) is 4.73. The number of halogens is 1. The molecule has 0 amide bonds. The van der Waals surface area contributed by atoms with Crippen LogP contribution in [0.2, 0.25) is 5.28 Å². The molecule has 0 saturated carbocycles. The lowest BCUT2D eigenvalue weighted by molar-refractivity contribution is 0.825. The largest absolute Gasteiger partial charge is 0.353 e. The zero-order valence-electron chi connectivity index (χ0n) is 11.7. The van der Waals surface area contributed by atoms with Crippen LogP contribution >= 0.6 is 34.7 Å². The van der Waals surface area contributed by atoms with E-state index in [0.29, 0.717) is 11.1 Å². The highest BCUT2D eigenvalue weighted by molar-refractivity contribution is 8.00. The number of nitrogens with zero attached hydrogens (tertiary/aromatic N) is 7. The zero-order chi connectivity index (χ0) is 14.8. The van der Waals surface area contributed by atoms with Crippen LogP contribution in [-0.2, 0) is 0 Å². The maximum absolute atomic E-state index is 6.01. The lowest BCUT2D eigenvalue weighted by atomic mass is 10.4. The first kappa shape index (κ1) is 14.7. The molecule has 0 atom stereocenters. The van der Waals surface area contributed by atoms with Gasteiger partial charge in [-0.25, -0.2) is 0 Å². The number of hydrogen-bond acceptors (Lipinski definition) is 9. The van der Waals surface area contributed by atoms with Gasteiger partial charge < -0.3 is 9.80 Å². The lowest BCUT2D eigenvalue weighted by Crippen LogP contribution is -2.21. The van der Waals surface area contributed by atoms with Gasteiger partial charge >= 0.3 is 0 Å². The summed E-state index contributed by atoms with van der Waals surface area (Å²) >= 11 is 8.85. The third-order valence-electron chi connectivity index (χ3n) is 2.92. The number of aromatic nitrogens is 5. The monoisotopic (exact) mass is 343 g/mol. The van der Waals surface area contributed by atoms with Gasteiger partial charge in [0, 0.05) is 27.2 Å². The molecule has 10 heteroatoms. The van der Waals surface area contributed by atoms with E-state index in [1.165, 1.54) is 23.1 Å². The maximum Gasteiger partial charge on any atom is 0.230 e. The van der Waals surface area contributed by atoms with Crippen molar-refractivity contribution in [3.63, 3.8) is 0 Å². The molecule has 112 valence electrons. The molecule has 0 aliphatic carbocycles. The van der Waals surface area contributed by atoms with Gasteiger partial charge in [0.2, 0.25) is 21.5 Å². The Balaban J connectivity index is 1.80. The fourth-order valence-electron chi connectivity index (χ4n) is 1.93. The van der Waals surface area contributed by atoms with Gasteiger partial charge in [-0.05, 0) is 36.2 Å². The fourth-order valence-corrected chi connectivity index (χ4v) is 3.75. The molecule has 21 heavy (non-hydrogen) atoms. The van der Waals surface area contributed by atoms with Crippen LogP contribution < -0.4 is 9.80 Å². The van der Waals surface area contributed by atoms with E-state index in [0.717, 1.165) is 35.4 Å². The van der Waals surface area contributed by atoms with Gasteiger partial charge in [-0.3, -0.25) is 0 Å². The van der Waals surface area contributed by atoms with Crippen LogP contribution in [0.15, 0.2) is 9.50 Å². The lowest BCUT2D eigenvalue weighted by Gasteiger charge is -2.14. The van der Waals surface area contributed by atoms with Crippen LogP contribution in [0.5, 0.6) is 0 Å². The number of hydrogen-bond donors (Lipinski definition) is 0. The van der Waals surface area contributed by atoms with E-state index in [9.17, 15) is 0 Å². The molecular weight excluding hydrogens is 330 g/mol. The molecule has 3 rings (SSSR count). The normalized spacial score (nSPS) is 14.7. The minimum atomic E-state index is 0.215. The molecule has 2 aromatic heterocycles. The molecule has 0 bridgehead atoms. The third-order valence-corrected chi connectivity index (χ3v) is 5.10. The molecule has 7 nitrogen and oxygen atoms in total. The zero-order valence-corrected chi connectivity index (χ0v) is 14.0. The van der Waals surface area contributed by atoms with Crippen molar-refractivity contribution in [2.24, 2.45) is 0 Å². The Hall–Kier alpha value is -1.19. The first-order chi connectivity index (χ1) is 10.1. The highest BCUT2D eigenvalue weighted by Crippen LogP contribution is 2.32. The molecule has 0 N–H and O–H groups in total. The smallest absolute Gasteiger partial charge is 0.230 e. The van der Waals surface area contributed by atoms with E-state index in [1.54, 1.807) is 0 Å². The van der Waals surface area contributed by atoms with Crippen molar-refractivity contribution < 1.29 is 0 Å². The molecule has 1 aliphatic rings. The summed E-state index contributed by atoms with van der Waals surface area (Å²) in [6, 6.07) is 0. The number of rotatable bonds is 4. The van der Waals surface area contributed by atoms with Crippen LogP contribution in [0.3, 0.4) is 0 Å². The van der Waals surface area contributed by atoms with E-state index >= 15 is 0 Å². The van der Waals surface area contributed by atoms with Gasteiger partial charge in [0.15, 0.2) is 4.34 Å². The van der Waals surface area contributed by atoms with Gasteiger partial charge in [-0.15, -0.1) is 10.2 Å². The quantitative estimate of drug-likeness (QED) is 0.836. The van der Waals surface area contributed by atoms with Crippen LogP contribution in [0.4, 0.5) is 11.1 Å². The Morgan fingerprint density at radius 3 is 2.57 bits per heavy atom. The van der Waals surface area contributed by atoms with Crippen molar-refractivity contribution in [3.05, 3.63) is 5.28 Å². The molecular formula is C11H14ClN7S2. The number of anilines is 2. The van der Waals surface area contributed by atoms with Gasteiger partial charge in [-0.1, -0.05) is 11.3 Å². The summed E-state index contributed by atoms with van der Waals surface area (Å²) in [5.41, 5.74) is 0. The summed E-state index contributed by atoms with van der Waals surface area (Å²) < 4.78 is 0.785. The van der Waals surface area contributed by atoms with Crippen molar-refractivity contribution >= 4 is 45.8 Å². The van der Waals surface area contributed by atoms with E-state index < -0.39 is 0 Å². The van der Waals surface area contributed by atoms with Crippen LogP contribution in [0.25, 0.3) is 0 Å². The SMILES string of the molecule is CN(C)c1nnc(Sc2nc(Cl)nc(N3CCCC3)n2)s1. The Bertz CT molecular complexity index is 627. The standard InChI is InChI=1S/C11H14ClN7S2/c1-18(2)10-16-17-11(21-10)20-9-14-7(12)13-8(15-9)19-5-3-4-6-19/h3-6H2,1-2H3. The van der Waals surface area contributed by atoms with E-state index in [1.807, 2.05) is 19.0 Å². The van der Waals surface area contributed by atoms with Crippen molar-refractivity contribution in [1.82, 2.24) is 25.1 Å². The average molecular weight is 344 g/mol. The minimum Gasteiger partial charge on any atom is -0.353 e. The minimum absolute atomic E-state index is 0.215. The van der Waals surface area contributed by atoms with E-state index in [2.05, 4.69) is 30.0 Å². The topological polar surface area (TPSA) is 70.9 Å². The van der Waals surface area contributed by atoms with Crippen molar-refractivity contribution in [2.75, 3.05) is 37.0 Å². The summed E-state index contributed by atoms with van der Waals surface area (Å²) in [6.07, 6.45) is 2.32. The predicted molar refractivity (Wildman–Crippen MR) is 84.6 cm³/mol. The first-order valence-electron chi connectivity index (χ1n) is 6.47. The summed E-state index contributed by atoms with van der Waals surface area (Å²) in [4.78, 5) is 16.9. The molecule has 0 unspecified atom stereocenters. The molecule has 1 fully saturated rings. The van der Waals surface area contributed by atoms with E-state index in [4.69, 9.17) is 11.6 Å².